The molecule has 0 saturated carbocycles. The minimum absolute atomic E-state index is 0.0130. The lowest BCUT2D eigenvalue weighted by Gasteiger charge is -2.23. The molecule has 2 heterocycles. The van der Waals surface area contributed by atoms with Crippen LogP contribution >= 0.6 is 23.2 Å². The van der Waals surface area contributed by atoms with E-state index in [0.29, 0.717) is 48.6 Å². The average Bonchev–Trinajstić information content (AvgIpc) is 3.34. The van der Waals surface area contributed by atoms with Gasteiger partial charge in [0.15, 0.2) is 5.75 Å². The Balaban J connectivity index is 1.30. The first-order valence-electron chi connectivity index (χ1n) is 13.6. The normalized spacial score (nSPS) is 12.9. The Hall–Kier alpha value is -4.22. The second-order valence-corrected chi connectivity index (χ2v) is 10.8. The molecule has 3 aromatic carbocycles. The van der Waals surface area contributed by atoms with Crippen molar-refractivity contribution in [1.82, 2.24) is 9.78 Å². The van der Waals surface area contributed by atoms with Gasteiger partial charge in [0.1, 0.15) is 11.6 Å². The van der Waals surface area contributed by atoms with Crippen molar-refractivity contribution in [2.45, 2.75) is 32.2 Å². The number of fused-ring (bicyclic) bond motifs is 1. The van der Waals surface area contributed by atoms with Gasteiger partial charge in [-0.2, -0.15) is 5.10 Å². The molecule has 0 atom stereocenters. The van der Waals surface area contributed by atoms with Gasteiger partial charge in [0.2, 0.25) is 5.91 Å². The van der Waals surface area contributed by atoms with E-state index >= 15 is 0 Å². The number of amides is 1. The summed E-state index contributed by atoms with van der Waals surface area (Å²) in [6, 6.07) is 11.8. The monoisotopic (exact) mass is 647 g/mol. The van der Waals surface area contributed by atoms with E-state index in [1.807, 2.05) is 6.07 Å². The van der Waals surface area contributed by atoms with Crippen LogP contribution in [0.25, 0.3) is 11.1 Å². The molecule has 44 heavy (non-hydrogen) atoms. The molecule has 0 bridgehead atoms. The summed E-state index contributed by atoms with van der Waals surface area (Å²) < 4.78 is 54.5. The molecule has 1 aliphatic heterocycles. The number of carboxylic acids is 1. The molecule has 1 aliphatic rings. The third-order valence-corrected chi connectivity index (χ3v) is 7.70. The molecule has 5 rings (SSSR count). The van der Waals surface area contributed by atoms with Crippen molar-refractivity contribution in [3.8, 4) is 22.6 Å². The van der Waals surface area contributed by atoms with Crippen LogP contribution in [0.5, 0.6) is 11.5 Å². The molecule has 0 radical (unpaired) electrons. The van der Waals surface area contributed by atoms with Crippen LogP contribution in [0.2, 0.25) is 10.0 Å². The van der Waals surface area contributed by atoms with Gasteiger partial charge in [-0.25, -0.2) is 18.0 Å². The van der Waals surface area contributed by atoms with Gasteiger partial charge in [-0.1, -0.05) is 41.4 Å². The Morgan fingerprint density at radius 1 is 1.11 bits per heavy atom. The fraction of sp³-hybridized carbons (Fsp3) is 0.258. The van der Waals surface area contributed by atoms with Crippen LogP contribution in [0.1, 0.15) is 47.2 Å². The zero-order valence-corrected chi connectivity index (χ0v) is 24.6. The van der Waals surface area contributed by atoms with E-state index in [2.05, 4.69) is 5.10 Å². The van der Waals surface area contributed by atoms with E-state index in [-0.39, 0.29) is 58.0 Å². The molecule has 4 aromatic rings. The number of ether oxygens (including phenoxy) is 2. The highest BCUT2D eigenvalue weighted by Gasteiger charge is 2.25. The minimum atomic E-state index is -2.79. The SMILES string of the molecule is O=C(O)c1cc(F)c(Cn2cc(-c3cccc4c3OCCCN4C(=O)CCCOc3cccc(Cl)c3C(F)F)cn2)c(Cl)c1. The number of para-hydroxylation sites is 1. The topological polar surface area (TPSA) is 93.9 Å². The Morgan fingerprint density at radius 2 is 1.91 bits per heavy atom. The summed E-state index contributed by atoms with van der Waals surface area (Å²) in [6.45, 7) is 0.795. The molecule has 0 fully saturated rings. The molecule has 0 aliphatic carbocycles. The lowest BCUT2D eigenvalue weighted by molar-refractivity contribution is -0.118. The number of aromatic carboxylic acids is 1. The molecule has 1 aromatic heterocycles. The number of hydrogen-bond acceptors (Lipinski definition) is 5. The third kappa shape index (κ3) is 6.79. The van der Waals surface area contributed by atoms with Gasteiger partial charge in [-0.15, -0.1) is 0 Å². The highest BCUT2D eigenvalue weighted by Crippen LogP contribution is 2.41. The number of aromatic nitrogens is 2. The van der Waals surface area contributed by atoms with E-state index in [1.165, 1.54) is 28.9 Å². The summed E-state index contributed by atoms with van der Waals surface area (Å²) >= 11 is 12.1. The number of carboxylic acid groups (broad SMARTS) is 1. The molecular formula is C31H26Cl2F3N3O5. The summed E-state index contributed by atoms with van der Waals surface area (Å²) in [4.78, 5) is 26.1. The van der Waals surface area contributed by atoms with E-state index in [0.717, 1.165) is 6.07 Å². The maximum atomic E-state index is 14.6. The van der Waals surface area contributed by atoms with Gasteiger partial charge < -0.3 is 19.5 Å². The number of anilines is 1. The second-order valence-electron chi connectivity index (χ2n) is 9.96. The van der Waals surface area contributed by atoms with Crippen LogP contribution in [0.15, 0.2) is 60.9 Å². The molecular weight excluding hydrogens is 622 g/mol. The fourth-order valence-corrected chi connectivity index (χ4v) is 5.43. The van der Waals surface area contributed by atoms with Crippen LogP contribution in [0.3, 0.4) is 0 Å². The minimum Gasteiger partial charge on any atom is -0.493 e. The summed E-state index contributed by atoms with van der Waals surface area (Å²) in [5.41, 5.74) is 1.36. The Bertz CT molecular complexity index is 1680. The maximum absolute atomic E-state index is 14.6. The summed E-state index contributed by atoms with van der Waals surface area (Å²) in [7, 11) is 0. The first-order chi connectivity index (χ1) is 21.1. The third-order valence-electron chi connectivity index (χ3n) is 7.03. The summed E-state index contributed by atoms with van der Waals surface area (Å²) in [5.74, 6) is -1.75. The van der Waals surface area contributed by atoms with E-state index in [4.69, 9.17) is 37.8 Å². The summed E-state index contributed by atoms with van der Waals surface area (Å²) in [5, 5.41) is 13.3. The zero-order valence-electron chi connectivity index (χ0n) is 23.1. The van der Waals surface area contributed by atoms with Gasteiger partial charge in [0.05, 0.1) is 47.8 Å². The van der Waals surface area contributed by atoms with Gasteiger partial charge in [0.25, 0.3) is 6.43 Å². The molecule has 0 spiro atoms. The predicted octanol–water partition coefficient (Wildman–Crippen LogP) is 7.65. The Kier molecular flexibility index (Phi) is 9.65. The number of rotatable bonds is 10. The van der Waals surface area contributed by atoms with E-state index < -0.39 is 18.2 Å². The molecule has 13 heteroatoms. The maximum Gasteiger partial charge on any atom is 0.335 e. The van der Waals surface area contributed by atoms with Crippen molar-refractivity contribution < 1.29 is 37.3 Å². The number of halogens is 5. The van der Waals surface area contributed by atoms with Crippen molar-refractivity contribution in [3.05, 3.63) is 93.5 Å². The first kappa shape index (κ1) is 31.2. The van der Waals surface area contributed by atoms with E-state index in [1.54, 1.807) is 29.4 Å². The molecule has 8 nitrogen and oxygen atoms in total. The smallest absolute Gasteiger partial charge is 0.335 e. The van der Waals surface area contributed by atoms with Crippen LogP contribution in [-0.2, 0) is 11.3 Å². The molecule has 230 valence electrons. The largest absolute Gasteiger partial charge is 0.493 e. The number of benzene rings is 3. The van der Waals surface area contributed by atoms with Crippen molar-refractivity contribution in [2.24, 2.45) is 0 Å². The zero-order chi connectivity index (χ0) is 31.4. The summed E-state index contributed by atoms with van der Waals surface area (Å²) in [6.07, 6.45) is 1.45. The number of carbonyl (C=O) groups is 2. The van der Waals surface area contributed by atoms with Crippen LogP contribution in [0.4, 0.5) is 18.9 Å². The molecule has 1 amide bonds. The van der Waals surface area contributed by atoms with Gasteiger partial charge >= 0.3 is 5.97 Å². The van der Waals surface area contributed by atoms with Crippen molar-refractivity contribution in [3.63, 3.8) is 0 Å². The molecule has 0 unspecified atom stereocenters. The van der Waals surface area contributed by atoms with Crippen LogP contribution < -0.4 is 14.4 Å². The molecule has 0 saturated heterocycles. The molecule has 1 N–H and O–H groups in total. The standard InChI is InChI=1S/C31H26Cl2F3N3O5/c32-22-6-2-8-26(28(22)30(35)36)43-11-3-9-27(40)39-10-4-12-44-29-20(5-1-7-25(29)39)19-15-37-38(16-19)17-21-23(33)13-18(31(41)42)14-24(21)34/h1-2,5-8,13-16,30H,3-4,9-12,17H2,(H,41,42). The van der Waals surface area contributed by atoms with Gasteiger partial charge in [0, 0.05) is 40.9 Å². The fourth-order valence-electron chi connectivity index (χ4n) is 4.92. The number of carbonyl (C=O) groups excluding carboxylic acids is 1. The van der Waals surface area contributed by atoms with Crippen molar-refractivity contribution in [2.75, 3.05) is 24.7 Å². The number of alkyl halides is 2. The predicted molar refractivity (Wildman–Crippen MR) is 159 cm³/mol. The van der Waals surface area contributed by atoms with Crippen LogP contribution in [0, 0.1) is 5.82 Å². The highest BCUT2D eigenvalue weighted by atomic mass is 35.5. The lowest BCUT2D eigenvalue weighted by atomic mass is 10.1. The quantitative estimate of drug-likeness (QED) is 0.178. The van der Waals surface area contributed by atoms with Crippen molar-refractivity contribution in [1.29, 1.82) is 0 Å². The lowest BCUT2D eigenvalue weighted by Crippen LogP contribution is -2.31. The Labute approximate surface area is 260 Å². The van der Waals surface area contributed by atoms with Crippen LogP contribution in [-0.4, -0.2) is 46.5 Å². The van der Waals surface area contributed by atoms with Crippen molar-refractivity contribution >= 4 is 40.8 Å². The highest BCUT2D eigenvalue weighted by molar-refractivity contribution is 6.32. The van der Waals surface area contributed by atoms with E-state index in [9.17, 15) is 22.8 Å². The van der Waals surface area contributed by atoms with Gasteiger partial charge in [-0.05, 0) is 43.2 Å². The average molecular weight is 648 g/mol. The number of nitrogens with zero attached hydrogens (tertiary/aromatic N) is 3. The second kappa shape index (κ2) is 13.6. The Morgan fingerprint density at radius 3 is 2.66 bits per heavy atom. The van der Waals surface area contributed by atoms with Gasteiger partial charge in [-0.3, -0.25) is 9.48 Å². The first-order valence-corrected chi connectivity index (χ1v) is 14.4. The number of hydrogen-bond donors (Lipinski definition) is 1.